The van der Waals surface area contributed by atoms with Crippen LogP contribution in [0.25, 0.3) is 11.3 Å². The molecule has 1 fully saturated rings. The Morgan fingerprint density at radius 1 is 1.21 bits per heavy atom. The van der Waals surface area contributed by atoms with Gasteiger partial charge in [-0.1, -0.05) is 37.6 Å². The second-order valence-corrected chi connectivity index (χ2v) is 8.80. The predicted octanol–water partition coefficient (Wildman–Crippen LogP) is 5.41. The molecule has 2 aliphatic rings. The minimum Gasteiger partial charge on any atom is -0.245 e. The van der Waals surface area contributed by atoms with Crippen LogP contribution < -0.4 is 0 Å². The van der Waals surface area contributed by atoms with Crippen molar-refractivity contribution in [3.8, 4) is 17.3 Å². The normalized spacial score (nSPS) is 23.6. The lowest BCUT2D eigenvalue weighted by atomic mass is 9.65. The Morgan fingerprint density at radius 3 is 2.72 bits per heavy atom. The molecule has 0 radical (unpaired) electrons. The third-order valence-electron chi connectivity index (χ3n) is 6.97. The Kier molecular flexibility index (Phi) is 3.81. The topological polar surface area (TPSA) is 62.5 Å². The minimum absolute atomic E-state index is 0.0997. The molecule has 2 aliphatic carbocycles. The van der Waals surface area contributed by atoms with Crippen LogP contribution in [0.4, 0.5) is 4.39 Å². The largest absolute Gasteiger partial charge is 0.245 e. The molecule has 2 atom stereocenters. The van der Waals surface area contributed by atoms with E-state index >= 15 is 0 Å². The number of hydrogen-bond acceptors (Lipinski definition) is 4. The number of halogens is 2. The zero-order valence-corrected chi connectivity index (χ0v) is 16.8. The summed E-state index contributed by atoms with van der Waals surface area (Å²) in [5, 5.41) is 18.4. The molecule has 0 amide bonds. The second kappa shape index (κ2) is 6.08. The number of hydrogen-bond donors (Lipinski definition) is 0. The van der Waals surface area contributed by atoms with Crippen LogP contribution in [0.1, 0.15) is 55.1 Å². The first kappa shape index (κ1) is 18.2. The highest BCUT2D eigenvalue weighted by molar-refractivity contribution is 6.33. The van der Waals surface area contributed by atoms with Crippen LogP contribution in [0.3, 0.4) is 0 Å². The summed E-state index contributed by atoms with van der Waals surface area (Å²) >= 11 is 6.26. The Morgan fingerprint density at radius 2 is 2.03 bits per heavy atom. The van der Waals surface area contributed by atoms with Crippen molar-refractivity contribution < 1.29 is 4.39 Å². The quantitative estimate of drug-likeness (QED) is 0.573. The molecule has 1 aromatic carbocycles. The van der Waals surface area contributed by atoms with E-state index in [1.165, 1.54) is 6.07 Å². The molecule has 29 heavy (non-hydrogen) atoms. The highest BCUT2D eigenvalue weighted by Crippen LogP contribution is 2.69. The number of rotatable bonds is 2. The molecule has 144 valence electrons. The van der Waals surface area contributed by atoms with E-state index in [1.54, 1.807) is 24.4 Å². The van der Waals surface area contributed by atoms with Gasteiger partial charge in [-0.05, 0) is 59.6 Å². The van der Waals surface area contributed by atoms with E-state index in [1.807, 2.05) is 12.1 Å². The highest BCUT2D eigenvalue weighted by Gasteiger charge is 2.64. The minimum atomic E-state index is -0.403. The van der Waals surface area contributed by atoms with Crippen molar-refractivity contribution >= 4 is 11.6 Å². The third-order valence-corrected chi connectivity index (χ3v) is 7.29. The maximum Gasteiger partial charge on any atom is 0.140 e. The molecule has 6 heteroatoms. The number of fused-ring (bicyclic) bond motifs is 5. The molecule has 0 N–H and O–H groups in total. The predicted molar refractivity (Wildman–Crippen MR) is 108 cm³/mol. The number of nitriles is 1. The van der Waals surface area contributed by atoms with Crippen molar-refractivity contribution in [1.29, 1.82) is 5.26 Å². The van der Waals surface area contributed by atoms with Crippen molar-refractivity contribution in [3.05, 3.63) is 75.9 Å². The summed E-state index contributed by atoms with van der Waals surface area (Å²) in [5.41, 5.74) is 3.81. The summed E-state index contributed by atoms with van der Waals surface area (Å²) in [4.78, 5) is 4.30. The van der Waals surface area contributed by atoms with Gasteiger partial charge in [-0.25, -0.2) is 9.37 Å². The maximum atomic E-state index is 14.5. The van der Waals surface area contributed by atoms with E-state index in [0.29, 0.717) is 22.0 Å². The van der Waals surface area contributed by atoms with E-state index in [4.69, 9.17) is 16.9 Å². The lowest BCUT2D eigenvalue weighted by Crippen LogP contribution is -2.37. The van der Waals surface area contributed by atoms with Crippen molar-refractivity contribution in [3.63, 3.8) is 0 Å². The number of benzene rings is 1. The monoisotopic (exact) mass is 404 g/mol. The highest BCUT2D eigenvalue weighted by atomic mass is 35.5. The van der Waals surface area contributed by atoms with Crippen LogP contribution >= 0.6 is 11.6 Å². The number of pyridine rings is 1. The molecule has 3 aromatic rings. The fourth-order valence-electron chi connectivity index (χ4n) is 5.54. The Bertz CT molecular complexity index is 1160. The zero-order chi connectivity index (χ0) is 20.4. The maximum absolute atomic E-state index is 14.5. The van der Waals surface area contributed by atoms with Gasteiger partial charge in [-0.15, -0.1) is 0 Å². The summed E-state index contributed by atoms with van der Waals surface area (Å²) in [5.74, 6) is -0.117. The van der Waals surface area contributed by atoms with Gasteiger partial charge in [0.05, 0.1) is 22.0 Å². The molecule has 4 nitrogen and oxygen atoms in total. The SMILES string of the molecule is CC1(C)[C@H]2CC[C@]1(c1ccc(C#N)nc1)c1nnc(-c3c(F)cccc3Cl)cc12. The molecule has 0 aliphatic heterocycles. The van der Waals surface area contributed by atoms with E-state index < -0.39 is 5.82 Å². The molecular formula is C23H18ClFN4. The summed E-state index contributed by atoms with van der Waals surface area (Å²) in [7, 11) is 0. The molecule has 2 heterocycles. The lowest BCUT2D eigenvalue weighted by Gasteiger charge is -2.38. The summed E-state index contributed by atoms with van der Waals surface area (Å²) < 4.78 is 14.5. The zero-order valence-electron chi connectivity index (χ0n) is 16.1. The lowest BCUT2D eigenvalue weighted by molar-refractivity contribution is 0.247. The van der Waals surface area contributed by atoms with Gasteiger partial charge >= 0.3 is 0 Å². The van der Waals surface area contributed by atoms with Gasteiger partial charge in [-0.2, -0.15) is 15.5 Å². The summed E-state index contributed by atoms with van der Waals surface area (Å²) in [6.45, 7) is 4.50. The van der Waals surface area contributed by atoms with E-state index in [-0.39, 0.29) is 16.7 Å². The van der Waals surface area contributed by atoms with Gasteiger partial charge in [0.2, 0.25) is 0 Å². The third kappa shape index (κ3) is 2.27. The average molecular weight is 405 g/mol. The van der Waals surface area contributed by atoms with Gasteiger partial charge in [0.1, 0.15) is 17.6 Å². The first-order chi connectivity index (χ1) is 13.9. The van der Waals surface area contributed by atoms with Gasteiger partial charge in [-0.3, -0.25) is 0 Å². The van der Waals surface area contributed by atoms with Crippen LogP contribution in [-0.2, 0) is 5.41 Å². The first-order valence-electron chi connectivity index (χ1n) is 9.59. The van der Waals surface area contributed by atoms with Crippen LogP contribution in [-0.4, -0.2) is 15.2 Å². The molecule has 5 rings (SSSR count). The van der Waals surface area contributed by atoms with Crippen LogP contribution in [0, 0.1) is 22.6 Å². The van der Waals surface area contributed by atoms with Crippen molar-refractivity contribution in [1.82, 2.24) is 15.2 Å². The van der Waals surface area contributed by atoms with E-state index in [9.17, 15) is 4.39 Å². The number of aromatic nitrogens is 3. The first-order valence-corrected chi connectivity index (χ1v) is 9.97. The average Bonchev–Trinajstić information content (AvgIpc) is 3.09. The van der Waals surface area contributed by atoms with Crippen molar-refractivity contribution in [2.24, 2.45) is 5.41 Å². The van der Waals surface area contributed by atoms with Gasteiger partial charge in [0.25, 0.3) is 0 Å². The van der Waals surface area contributed by atoms with Crippen LogP contribution in [0.15, 0.2) is 42.6 Å². The van der Waals surface area contributed by atoms with Gasteiger partial charge < -0.3 is 0 Å². The molecule has 1 saturated carbocycles. The molecule has 2 aromatic heterocycles. The molecular weight excluding hydrogens is 387 g/mol. The Labute approximate surface area is 173 Å². The molecule has 0 spiro atoms. The van der Waals surface area contributed by atoms with Crippen molar-refractivity contribution in [2.75, 3.05) is 0 Å². The smallest absolute Gasteiger partial charge is 0.140 e. The van der Waals surface area contributed by atoms with Crippen LogP contribution in [0.5, 0.6) is 0 Å². The second-order valence-electron chi connectivity index (χ2n) is 8.39. The van der Waals surface area contributed by atoms with E-state index in [0.717, 1.165) is 29.7 Å². The Balaban J connectivity index is 1.71. The summed E-state index contributed by atoms with van der Waals surface area (Å²) in [6.07, 6.45) is 3.75. The van der Waals surface area contributed by atoms with Gasteiger partial charge in [0.15, 0.2) is 0 Å². The fourth-order valence-corrected chi connectivity index (χ4v) is 5.80. The standard InChI is InChI=1S/C23H18ClFN4/c1-22(2)16-8-9-23(22,13-6-7-14(11-26)27-12-13)21-15(16)10-19(28-29-21)20-17(24)4-3-5-18(20)25/h3-7,10,12,16H,8-9H2,1-2H3/t16-,23-/m0/s1. The molecule has 2 bridgehead atoms. The Hall–Kier alpha value is -2.84. The van der Waals surface area contributed by atoms with Crippen molar-refractivity contribution in [2.45, 2.75) is 38.0 Å². The van der Waals surface area contributed by atoms with Crippen LogP contribution in [0.2, 0.25) is 5.02 Å². The fraction of sp³-hybridized carbons (Fsp3) is 0.304. The number of nitrogens with zero attached hydrogens (tertiary/aromatic N) is 4. The van der Waals surface area contributed by atoms with Gasteiger partial charge in [0, 0.05) is 11.6 Å². The molecule has 0 unspecified atom stereocenters. The van der Waals surface area contributed by atoms with E-state index in [2.05, 4.69) is 35.1 Å². The molecule has 0 saturated heterocycles. The summed E-state index contributed by atoms with van der Waals surface area (Å²) in [6, 6.07) is 12.4.